The molecule has 10 heteroatoms. The number of hydrogen-bond donors (Lipinski definition) is 1. The maximum atomic E-state index is 12.2. The van der Waals surface area contributed by atoms with Gasteiger partial charge in [-0.15, -0.1) is 5.10 Å². The normalized spacial score (nSPS) is 15.3. The van der Waals surface area contributed by atoms with Crippen molar-refractivity contribution in [1.82, 2.24) is 24.5 Å². The number of likely N-dealkylation sites (tertiary alicyclic amines) is 1. The van der Waals surface area contributed by atoms with Gasteiger partial charge < -0.3 is 19.7 Å². The smallest absolute Gasteiger partial charge is 0.410 e. The van der Waals surface area contributed by atoms with Gasteiger partial charge in [-0.05, 0) is 45.6 Å². The van der Waals surface area contributed by atoms with Crippen LogP contribution in [0, 0.1) is 5.92 Å². The number of amides is 1. The van der Waals surface area contributed by atoms with E-state index in [1.807, 2.05) is 31.4 Å². The lowest BCUT2D eigenvalue weighted by Crippen LogP contribution is -2.42. The second-order valence-corrected chi connectivity index (χ2v) is 9.61. The topological polar surface area (TPSA) is 93.9 Å². The monoisotopic (exact) mass is 444 g/mol. The SMILES string of the molecule is COc1cncc(-c2cnc3sc(NCC4CCN(C(=O)OC(C)(C)C)CC4)nn23)c1. The average Bonchev–Trinajstić information content (AvgIpc) is 3.32. The number of ether oxygens (including phenoxy) is 2. The first-order chi connectivity index (χ1) is 14.8. The van der Waals surface area contributed by atoms with Gasteiger partial charge in [0, 0.05) is 31.4 Å². The Morgan fingerprint density at radius 1 is 1.26 bits per heavy atom. The number of carbonyl (C=O) groups excluding carboxylic acids is 1. The summed E-state index contributed by atoms with van der Waals surface area (Å²) in [6, 6.07) is 1.92. The number of pyridine rings is 1. The number of nitrogens with zero attached hydrogens (tertiary/aromatic N) is 5. The number of methoxy groups -OCH3 is 1. The van der Waals surface area contributed by atoms with Crippen LogP contribution in [-0.4, -0.2) is 62.9 Å². The van der Waals surface area contributed by atoms with Crippen molar-refractivity contribution in [2.75, 3.05) is 32.1 Å². The van der Waals surface area contributed by atoms with Crippen molar-refractivity contribution in [2.24, 2.45) is 5.92 Å². The van der Waals surface area contributed by atoms with Crippen LogP contribution in [0.4, 0.5) is 9.93 Å². The van der Waals surface area contributed by atoms with Gasteiger partial charge in [-0.3, -0.25) is 4.98 Å². The number of aromatic nitrogens is 4. The lowest BCUT2D eigenvalue weighted by molar-refractivity contribution is 0.0188. The summed E-state index contributed by atoms with van der Waals surface area (Å²) >= 11 is 1.52. The molecular formula is C21H28N6O3S. The van der Waals surface area contributed by atoms with E-state index >= 15 is 0 Å². The van der Waals surface area contributed by atoms with Crippen LogP contribution >= 0.6 is 11.3 Å². The summed E-state index contributed by atoms with van der Waals surface area (Å²) in [5, 5.41) is 8.95. The molecule has 0 saturated carbocycles. The largest absolute Gasteiger partial charge is 0.495 e. The molecule has 1 amide bonds. The number of piperidine rings is 1. The molecule has 0 spiro atoms. The minimum Gasteiger partial charge on any atom is -0.495 e. The van der Waals surface area contributed by atoms with E-state index in [0.29, 0.717) is 11.7 Å². The van der Waals surface area contributed by atoms with Gasteiger partial charge in [-0.25, -0.2) is 14.3 Å². The zero-order valence-electron chi connectivity index (χ0n) is 18.3. The van der Waals surface area contributed by atoms with Gasteiger partial charge in [-0.1, -0.05) is 11.3 Å². The third kappa shape index (κ3) is 5.07. The fourth-order valence-corrected chi connectivity index (χ4v) is 4.29. The molecule has 3 aromatic rings. The van der Waals surface area contributed by atoms with Crippen LogP contribution in [0.2, 0.25) is 0 Å². The summed E-state index contributed by atoms with van der Waals surface area (Å²) in [6.07, 6.45) is 6.90. The first-order valence-corrected chi connectivity index (χ1v) is 11.2. The molecule has 31 heavy (non-hydrogen) atoms. The van der Waals surface area contributed by atoms with Gasteiger partial charge >= 0.3 is 6.09 Å². The predicted molar refractivity (Wildman–Crippen MR) is 120 cm³/mol. The average molecular weight is 445 g/mol. The zero-order valence-corrected chi connectivity index (χ0v) is 19.1. The van der Waals surface area contributed by atoms with E-state index in [4.69, 9.17) is 9.47 Å². The van der Waals surface area contributed by atoms with E-state index in [1.165, 1.54) is 11.3 Å². The van der Waals surface area contributed by atoms with Crippen LogP contribution in [0.3, 0.4) is 0 Å². The van der Waals surface area contributed by atoms with Crippen molar-refractivity contribution in [1.29, 1.82) is 0 Å². The van der Waals surface area contributed by atoms with Gasteiger partial charge in [-0.2, -0.15) is 0 Å². The van der Waals surface area contributed by atoms with E-state index in [0.717, 1.165) is 53.8 Å². The van der Waals surface area contributed by atoms with Gasteiger partial charge in [0.1, 0.15) is 11.4 Å². The van der Waals surface area contributed by atoms with Crippen molar-refractivity contribution in [3.05, 3.63) is 24.7 Å². The summed E-state index contributed by atoms with van der Waals surface area (Å²) in [5.41, 5.74) is 1.31. The van der Waals surface area contributed by atoms with E-state index in [2.05, 4.69) is 20.4 Å². The van der Waals surface area contributed by atoms with E-state index in [1.54, 1.807) is 30.6 Å². The number of nitrogens with one attached hydrogen (secondary N) is 1. The van der Waals surface area contributed by atoms with Gasteiger partial charge in [0.25, 0.3) is 0 Å². The summed E-state index contributed by atoms with van der Waals surface area (Å²) in [6.45, 7) is 7.92. The van der Waals surface area contributed by atoms with Crippen LogP contribution in [0.1, 0.15) is 33.6 Å². The molecule has 1 aliphatic rings. The number of anilines is 1. The number of fused-ring (bicyclic) bond motifs is 1. The van der Waals surface area contributed by atoms with E-state index in [-0.39, 0.29) is 6.09 Å². The minimum absolute atomic E-state index is 0.223. The molecule has 0 atom stereocenters. The number of imidazole rings is 1. The summed E-state index contributed by atoms with van der Waals surface area (Å²) in [5.74, 6) is 1.18. The van der Waals surface area contributed by atoms with E-state index < -0.39 is 5.60 Å². The van der Waals surface area contributed by atoms with Crippen molar-refractivity contribution < 1.29 is 14.3 Å². The maximum Gasteiger partial charge on any atom is 0.410 e. The Hall–Kier alpha value is -2.88. The zero-order chi connectivity index (χ0) is 22.0. The molecule has 1 saturated heterocycles. The number of carbonyl (C=O) groups is 1. The molecule has 0 aliphatic carbocycles. The van der Waals surface area contributed by atoms with Crippen molar-refractivity contribution in [2.45, 2.75) is 39.2 Å². The van der Waals surface area contributed by atoms with Crippen molar-refractivity contribution in [3.63, 3.8) is 0 Å². The fourth-order valence-electron chi connectivity index (χ4n) is 3.51. The van der Waals surface area contributed by atoms with Crippen LogP contribution in [0.15, 0.2) is 24.7 Å². The molecule has 1 fully saturated rings. The van der Waals surface area contributed by atoms with Gasteiger partial charge in [0.2, 0.25) is 10.1 Å². The Morgan fingerprint density at radius 3 is 2.74 bits per heavy atom. The number of hydrogen-bond acceptors (Lipinski definition) is 8. The predicted octanol–water partition coefficient (Wildman–Crippen LogP) is 3.92. The molecule has 1 aliphatic heterocycles. The summed E-state index contributed by atoms with van der Waals surface area (Å²) in [7, 11) is 1.62. The molecule has 0 unspecified atom stereocenters. The Bertz CT molecular complexity index is 1050. The second-order valence-electron chi connectivity index (χ2n) is 8.65. The molecule has 9 nitrogen and oxygen atoms in total. The van der Waals surface area contributed by atoms with Crippen molar-refractivity contribution >= 4 is 27.5 Å². The molecule has 0 bridgehead atoms. The molecule has 4 heterocycles. The van der Waals surface area contributed by atoms with Crippen LogP contribution in [0.25, 0.3) is 16.2 Å². The Balaban J connectivity index is 1.34. The highest BCUT2D eigenvalue weighted by atomic mass is 32.1. The highest BCUT2D eigenvalue weighted by Gasteiger charge is 2.27. The maximum absolute atomic E-state index is 12.2. The first-order valence-electron chi connectivity index (χ1n) is 10.4. The molecule has 1 N–H and O–H groups in total. The Kier molecular flexibility index (Phi) is 5.99. The van der Waals surface area contributed by atoms with Gasteiger partial charge in [0.05, 0.1) is 25.2 Å². The molecule has 0 aromatic carbocycles. The lowest BCUT2D eigenvalue weighted by atomic mass is 9.97. The highest BCUT2D eigenvalue weighted by molar-refractivity contribution is 7.20. The van der Waals surface area contributed by atoms with Crippen LogP contribution in [0.5, 0.6) is 5.75 Å². The molecular weight excluding hydrogens is 416 g/mol. The highest BCUT2D eigenvalue weighted by Crippen LogP contribution is 2.28. The third-order valence-corrected chi connectivity index (χ3v) is 6.02. The first kappa shape index (κ1) is 21.4. The third-order valence-electron chi connectivity index (χ3n) is 5.14. The van der Waals surface area contributed by atoms with Crippen molar-refractivity contribution in [3.8, 4) is 17.0 Å². The number of rotatable bonds is 5. The fraction of sp³-hybridized carbons (Fsp3) is 0.524. The lowest BCUT2D eigenvalue weighted by Gasteiger charge is -2.33. The van der Waals surface area contributed by atoms with Gasteiger partial charge in [0.15, 0.2) is 0 Å². The molecule has 3 aromatic heterocycles. The molecule has 0 radical (unpaired) electrons. The minimum atomic E-state index is -0.461. The standard InChI is InChI=1S/C21H28N6O3S/c1-21(2,3)30-20(28)26-7-5-14(6-8-26)10-23-18-25-27-17(13-24-19(27)31-18)15-9-16(29-4)12-22-11-15/h9,11-14H,5-8,10H2,1-4H3,(H,23,25). The summed E-state index contributed by atoms with van der Waals surface area (Å²) in [4.78, 5) is 23.5. The van der Waals surface area contributed by atoms with E-state index in [9.17, 15) is 4.79 Å². The Labute approximate surface area is 185 Å². The van der Waals surface area contributed by atoms with Crippen LogP contribution < -0.4 is 10.1 Å². The summed E-state index contributed by atoms with van der Waals surface area (Å²) < 4.78 is 12.6. The quantitative estimate of drug-likeness (QED) is 0.637. The molecule has 166 valence electrons. The second kappa shape index (κ2) is 8.70. The van der Waals surface area contributed by atoms with Crippen LogP contribution in [-0.2, 0) is 4.74 Å². The molecule has 4 rings (SSSR count). The Morgan fingerprint density at radius 2 is 2.03 bits per heavy atom.